The molecule has 4 amide bonds. The first-order chi connectivity index (χ1) is 20.5. The van der Waals surface area contributed by atoms with Gasteiger partial charge < -0.3 is 26.0 Å². The van der Waals surface area contributed by atoms with Gasteiger partial charge in [-0.15, -0.1) is 0 Å². The molecular weight excluding hydrogens is 576 g/mol. The maximum atomic E-state index is 14.1. The lowest BCUT2D eigenvalue weighted by Crippen LogP contribution is -2.55. The van der Waals surface area contributed by atoms with Crippen LogP contribution < -0.4 is 26.0 Å². The van der Waals surface area contributed by atoms with E-state index in [0.717, 1.165) is 19.3 Å². The number of benzene rings is 2. The van der Waals surface area contributed by atoms with E-state index in [2.05, 4.69) is 21.3 Å². The van der Waals surface area contributed by atoms with Crippen LogP contribution in [-0.4, -0.2) is 54.6 Å². The van der Waals surface area contributed by atoms with Crippen LogP contribution in [0.1, 0.15) is 38.5 Å². The fraction of sp³-hybridized carbons (Fsp3) is 0.414. The standard InChI is InChI=1S/C29H30F4N4O6/c30-18-13-19(31)24(33)25(23(18)32)43-14-22(38)20(12-16-9-10-34-26(16)39)36-27(40)21(11-15-5-4-6-15)37-29(42)28(41)35-17-7-2-1-3-8-17/h1-3,7-8,13,15-16,20-21H,4-6,9-12,14H2,(H,34,39)(H,35,41)(H,36,40)(H,37,42)/t16-,20?,21?/m0/s1. The second-order valence-corrected chi connectivity index (χ2v) is 10.5. The number of anilines is 1. The summed E-state index contributed by atoms with van der Waals surface area (Å²) < 4.78 is 60.1. The van der Waals surface area contributed by atoms with Crippen molar-refractivity contribution in [1.82, 2.24) is 16.0 Å². The second kappa shape index (κ2) is 14.1. The van der Waals surface area contributed by atoms with Crippen molar-refractivity contribution in [3.05, 3.63) is 59.7 Å². The fourth-order valence-corrected chi connectivity index (χ4v) is 4.85. The summed E-state index contributed by atoms with van der Waals surface area (Å²) in [5.74, 6) is -13.5. The molecule has 0 spiro atoms. The van der Waals surface area contributed by atoms with Gasteiger partial charge in [-0.1, -0.05) is 37.5 Å². The van der Waals surface area contributed by atoms with Gasteiger partial charge >= 0.3 is 11.8 Å². The van der Waals surface area contributed by atoms with Gasteiger partial charge in [0.05, 0.1) is 6.04 Å². The number of hydrogen-bond acceptors (Lipinski definition) is 6. The molecule has 14 heteroatoms. The third-order valence-corrected chi connectivity index (χ3v) is 7.47. The zero-order valence-corrected chi connectivity index (χ0v) is 22.9. The molecular formula is C29H30F4N4O6. The number of ketones is 1. The third-order valence-electron chi connectivity index (χ3n) is 7.47. The molecule has 43 heavy (non-hydrogen) atoms. The highest BCUT2D eigenvalue weighted by atomic mass is 19.2. The number of nitrogens with one attached hydrogen (secondary N) is 4. The Morgan fingerprint density at radius 2 is 1.56 bits per heavy atom. The normalized spacial score (nSPS) is 17.7. The van der Waals surface area contributed by atoms with E-state index in [1.165, 1.54) is 0 Å². The maximum Gasteiger partial charge on any atom is 0.313 e. The summed E-state index contributed by atoms with van der Waals surface area (Å²) in [5, 5.41) is 9.88. The van der Waals surface area contributed by atoms with E-state index in [4.69, 9.17) is 4.74 Å². The number of halogens is 4. The van der Waals surface area contributed by atoms with Gasteiger partial charge in [-0.3, -0.25) is 24.0 Å². The van der Waals surface area contributed by atoms with Crippen LogP contribution >= 0.6 is 0 Å². The Morgan fingerprint density at radius 1 is 0.884 bits per heavy atom. The van der Waals surface area contributed by atoms with E-state index < -0.39 is 77.1 Å². The van der Waals surface area contributed by atoms with E-state index >= 15 is 0 Å². The van der Waals surface area contributed by atoms with Crippen LogP contribution in [0.15, 0.2) is 36.4 Å². The lowest BCUT2D eigenvalue weighted by Gasteiger charge is -2.30. The zero-order chi connectivity index (χ0) is 31.1. The van der Waals surface area contributed by atoms with Gasteiger partial charge in [-0.2, -0.15) is 8.78 Å². The van der Waals surface area contributed by atoms with Gasteiger partial charge in [0.15, 0.2) is 23.2 Å². The SMILES string of the molecule is O=C(Nc1ccccc1)C(=O)NC(CC1CCC1)C(=O)NC(C[C@@H]1CCNC1=O)C(=O)COc1c(F)c(F)cc(F)c1F. The molecule has 1 saturated carbocycles. The Labute approximate surface area is 243 Å². The fourth-order valence-electron chi connectivity index (χ4n) is 4.85. The van der Waals surface area contributed by atoms with Crippen molar-refractivity contribution in [3.63, 3.8) is 0 Å². The highest BCUT2D eigenvalue weighted by Crippen LogP contribution is 2.31. The van der Waals surface area contributed by atoms with Crippen LogP contribution in [0.25, 0.3) is 0 Å². The van der Waals surface area contributed by atoms with Crippen LogP contribution in [0, 0.1) is 35.1 Å². The second-order valence-electron chi connectivity index (χ2n) is 10.5. The number of Topliss-reactive ketones (excluding diaryl/α,β-unsaturated/α-hetero) is 1. The highest BCUT2D eigenvalue weighted by Gasteiger charge is 2.35. The molecule has 1 saturated heterocycles. The Balaban J connectivity index is 1.48. The molecule has 3 atom stereocenters. The Morgan fingerprint density at radius 3 is 2.14 bits per heavy atom. The number of para-hydroxylation sites is 1. The van der Waals surface area contributed by atoms with Gasteiger partial charge in [0.1, 0.15) is 12.6 Å². The van der Waals surface area contributed by atoms with Gasteiger partial charge in [-0.05, 0) is 37.3 Å². The minimum Gasteiger partial charge on any atom is -0.479 e. The number of ether oxygens (including phenoxy) is 1. The summed E-state index contributed by atoms with van der Waals surface area (Å²) in [4.78, 5) is 63.9. The molecule has 4 rings (SSSR count). The number of hydrogen-bond donors (Lipinski definition) is 4. The number of rotatable bonds is 12. The number of carbonyl (C=O) groups is 5. The summed E-state index contributed by atoms with van der Waals surface area (Å²) in [5.41, 5.74) is 0.356. The molecule has 10 nitrogen and oxygen atoms in total. The summed E-state index contributed by atoms with van der Waals surface area (Å²) in [7, 11) is 0. The van der Waals surface area contributed by atoms with Crippen molar-refractivity contribution >= 4 is 35.1 Å². The van der Waals surface area contributed by atoms with Crippen LogP contribution in [-0.2, 0) is 24.0 Å². The summed E-state index contributed by atoms with van der Waals surface area (Å²) in [6.07, 6.45) is 2.77. The first-order valence-electron chi connectivity index (χ1n) is 13.8. The van der Waals surface area contributed by atoms with Crippen LogP contribution in [0.3, 0.4) is 0 Å². The van der Waals surface area contributed by atoms with Gasteiger partial charge in [0.25, 0.3) is 0 Å². The Hall–Kier alpha value is -4.49. The molecule has 2 aromatic carbocycles. The summed E-state index contributed by atoms with van der Waals surface area (Å²) in [6, 6.07) is 5.46. The predicted molar refractivity (Wildman–Crippen MR) is 143 cm³/mol. The third kappa shape index (κ3) is 8.08. The van der Waals surface area contributed by atoms with E-state index in [0.29, 0.717) is 18.7 Å². The molecule has 0 bridgehead atoms. The molecule has 1 heterocycles. The molecule has 1 aliphatic heterocycles. The molecule has 2 fully saturated rings. The van der Waals surface area contributed by atoms with Crippen LogP contribution in [0.5, 0.6) is 5.75 Å². The van der Waals surface area contributed by atoms with Crippen LogP contribution in [0.4, 0.5) is 23.2 Å². The zero-order valence-electron chi connectivity index (χ0n) is 22.9. The highest BCUT2D eigenvalue weighted by molar-refractivity contribution is 6.40. The lowest BCUT2D eigenvalue weighted by atomic mass is 9.80. The van der Waals surface area contributed by atoms with E-state index in [1.807, 2.05) is 0 Å². The van der Waals surface area contributed by atoms with Crippen LogP contribution in [0.2, 0.25) is 0 Å². The molecule has 2 aliphatic rings. The van der Waals surface area contributed by atoms with Gasteiger partial charge in [0.2, 0.25) is 23.4 Å². The molecule has 0 radical (unpaired) electrons. The van der Waals surface area contributed by atoms with Crippen molar-refractivity contribution < 1.29 is 46.3 Å². The number of amides is 4. The smallest absolute Gasteiger partial charge is 0.313 e. The molecule has 1 aliphatic carbocycles. The first-order valence-corrected chi connectivity index (χ1v) is 13.8. The maximum absolute atomic E-state index is 14.1. The summed E-state index contributed by atoms with van der Waals surface area (Å²) >= 11 is 0. The van der Waals surface area contributed by atoms with E-state index in [1.54, 1.807) is 30.3 Å². The quantitative estimate of drug-likeness (QED) is 0.166. The first kappa shape index (κ1) is 31.4. The molecule has 0 aromatic heterocycles. The van der Waals surface area contributed by atoms with Crippen molar-refractivity contribution in [2.24, 2.45) is 11.8 Å². The largest absolute Gasteiger partial charge is 0.479 e. The van der Waals surface area contributed by atoms with Gasteiger partial charge in [-0.25, -0.2) is 8.78 Å². The van der Waals surface area contributed by atoms with E-state index in [-0.39, 0.29) is 30.7 Å². The predicted octanol–water partition coefficient (Wildman–Crippen LogP) is 2.52. The molecule has 4 N–H and O–H groups in total. The Bertz CT molecular complexity index is 1360. The number of carbonyl (C=O) groups excluding carboxylic acids is 5. The molecule has 2 aromatic rings. The molecule has 2 unspecified atom stereocenters. The minimum atomic E-state index is -1.85. The topological polar surface area (TPSA) is 143 Å². The monoisotopic (exact) mass is 606 g/mol. The molecule has 230 valence electrons. The lowest BCUT2D eigenvalue weighted by molar-refractivity contribution is -0.138. The van der Waals surface area contributed by atoms with Crippen molar-refractivity contribution in [1.29, 1.82) is 0 Å². The average Bonchev–Trinajstić information content (AvgIpc) is 3.36. The Kier molecular flexibility index (Phi) is 10.3. The average molecular weight is 607 g/mol. The summed E-state index contributed by atoms with van der Waals surface area (Å²) in [6.45, 7) is -0.778. The minimum absolute atomic E-state index is 0.0161. The van der Waals surface area contributed by atoms with Gasteiger partial charge in [0, 0.05) is 24.2 Å². The van der Waals surface area contributed by atoms with Crippen molar-refractivity contribution in [2.45, 2.75) is 50.6 Å². The van der Waals surface area contributed by atoms with E-state index in [9.17, 15) is 41.5 Å². The van der Waals surface area contributed by atoms with Crippen molar-refractivity contribution in [2.75, 3.05) is 18.5 Å². The van der Waals surface area contributed by atoms with Crippen molar-refractivity contribution in [3.8, 4) is 5.75 Å².